The number of rotatable bonds is 3. The molecular formula is C8H7FN2O4. The molecule has 2 N–H and O–H groups in total. The largest absolute Gasteiger partial charge is 0.478 e. The molecule has 0 unspecified atom stereocenters. The minimum Gasteiger partial charge on any atom is -0.478 e. The van der Waals surface area contributed by atoms with Crippen molar-refractivity contribution in [2.45, 2.75) is 6.54 Å². The topological polar surface area (TPSA) is 92.2 Å². The number of hydrogen-bond acceptors (Lipinski definition) is 3. The number of hydrogen-bond donors (Lipinski definition) is 2. The molecule has 0 aliphatic heterocycles. The first kappa shape index (κ1) is 10.9. The fraction of sp³-hybridized carbons (Fsp3) is 0.125. The summed E-state index contributed by atoms with van der Waals surface area (Å²) in [6.07, 6.45) is 2.68. The maximum absolute atomic E-state index is 12.7. The lowest BCUT2D eigenvalue weighted by Crippen LogP contribution is -2.31. The number of carbonyl (C=O) groups is 1. The predicted octanol–water partition coefficient (Wildman–Crippen LogP) is -0.683. The van der Waals surface area contributed by atoms with E-state index < -0.39 is 23.0 Å². The molecule has 0 amide bonds. The first-order valence-electron chi connectivity index (χ1n) is 3.89. The van der Waals surface area contributed by atoms with Crippen LogP contribution in [-0.4, -0.2) is 20.6 Å². The number of aliphatic carboxylic acids is 1. The summed E-state index contributed by atoms with van der Waals surface area (Å²) in [7, 11) is 0. The van der Waals surface area contributed by atoms with Crippen LogP contribution in [0.25, 0.3) is 0 Å². The highest BCUT2D eigenvalue weighted by Gasteiger charge is 2.01. The minimum absolute atomic E-state index is 0.126. The van der Waals surface area contributed by atoms with Gasteiger partial charge in [0.1, 0.15) is 0 Å². The van der Waals surface area contributed by atoms with Crippen molar-refractivity contribution in [3.8, 4) is 0 Å². The van der Waals surface area contributed by atoms with E-state index in [1.54, 1.807) is 4.98 Å². The van der Waals surface area contributed by atoms with E-state index in [1.807, 2.05) is 0 Å². The monoisotopic (exact) mass is 214 g/mol. The molecule has 0 bridgehead atoms. The molecule has 1 aromatic heterocycles. The Morgan fingerprint density at radius 2 is 2.27 bits per heavy atom. The van der Waals surface area contributed by atoms with Gasteiger partial charge in [0.15, 0.2) is 0 Å². The lowest BCUT2D eigenvalue weighted by molar-refractivity contribution is -0.131. The van der Waals surface area contributed by atoms with Crippen LogP contribution in [0, 0.1) is 5.82 Å². The van der Waals surface area contributed by atoms with Gasteiger partial charge in [-0.1, -0.05) is 6.08 Å². The van der Waals surface area contributed by atoms with Gasteiger partial charge in [-0.15, -0.1) is 0 Å². The van der Waals surface area contributed by atoms with Gasteiger partial charge in [0.05, 0.1) is 6.20 Å². The Kier molecular flexibility index (Phi) is 3.17. The van der Waals surface area contributed by atoms with Gasteiger partial charge in [-0.25, -0.2) is 9.59 Å². The summed E-state index contributed by atoms with van der Waals surface area (Å²) in [6.45, 7) is -0.126. The molecule has 0 saturated carbocycles. The van der Waals surface area contributed by atoms with Crippen molar-refractivity contribution in [3.05, 3.63) is 45.0 Å². The van der Waals surface area contributed by atoms with Gasteiger partial charge in [0.2, 0.25) is 5.82 Å². The smallest absolute Gasteiger partial charge is 0.328 e. The molecular weight excluding hydrogens is 207 g/mol. The van der Waals surface area contributed by atoms with Crippen LogP contribution in [0.15, 0.2) is 27.9 Å². The second kappa shape index (κ2) is 4.36. The number of nitrogens with one attached hydrogen (secondary N) is 1. The standard InChI is InChI=1S/C8H7FN2O4/c9-5-4-11(3-1-2-6(12)13)8(15)10-7(5)14/h1-2,4H,3H2,(H,12,13)(H,10,14,15). The third-order valence-electron chi connectivity index (χ3n) is 1.53. The van der Waals surface area contributed by atoms with E-state index in [-0.39, 0.29) is 6.54 Å². The van der Waals surface area contributed by atoms with Crippen LogP contribution < -0.4 is 11.2 Å². The lowest BCUT2D eigenvalue weighted by Gasteiger charge is -1.99. The Labute approximate surface area is 82.3 Å². The summed E-state index contributed by atoms with van der Waals surface area (Å²) in [4.78, 5) is 33.5. The Morgan fingerprint density at radius 3 is 2.87 bits per heavy atom. The van der Waals surface area contributed by atoms with Gasteiger partial charge in [-0.2, -0.15) is 4.39 Å². The molecule has 0 fully saturated rings. The van der Waals surface area contributed by atoms with Gasteiger partial charge in [0, 0.05) is 12.6 Å². The normalized spacial score (nSPS) is 10.7. The fourth-order valence-corrected chi connectivity index (χ4v) is 0.885. The summed E-state index contributed by atoms with van der Waals surface area (Å²) in [5.41, 5.74) is -1.89. The van der Waals surface area contributed by atoms with Crippen molar-refractivity contribution in [3.63, 3.8) is 0 Å². The van der Waals surface area contributed by atoms with Crippen molar-refractivity contribution >= 4 is 5.97 Å². The lowest BCUT2D eigenvalue weighted by atomic mass is 10.5. The SMILES string of the molecule is O=C(O)C=CCn1cc(F)c(=O)[nH]c1=O. The number of allylic oxidation sites excluding steroid dienone is 1. The number of carboxylic acid groups (broad SMARTS) is 1. The van der Waals surface area contributed by atoms with E-state index in [1.165, 1.54) is 0 Å². The van der Waals surface area contributed by atoms with Crippen molar-refractivity contribution in [1.29, 1.82) is 0 Å². The summed E-state index contributed by atoms with van der Waals surface area (Å²) in [5.74, 6) is -2.27. The Hall–Kier alpha value is -2.18. The molecule has 0 saturated heterocycles. The number of carboxylic acids is 1. The van der Waals surface area contributed by atoms with E-state index in [0.29, 0.717) is 6.20 Å². The predicted molar refractivity (Wildman–Crippen MR) is 48.1 cm³/mol. The second-order valence-electron chi connectivity index (χ2n) is 2.63. The van der Waals surface area contributed by atoms with E-state index >= 15 is 0 Å². The Bertz CT molecular complexity index is 514. The van der Waals surface area contributed by atoms with Crippen molar-refractivity contribution < 1.29 is 14.3 Å². The molecule has 1 rings (SSSR count). The van der Waals surface area contributed by atoms with Crippen LogP contribution >= 0.6 is 0 Å². The zero-order valence-electron chi connectivity index (χ0n) is 7.44. The molecule has 0 radical (unpaired) electrons. The van der Waals surface area contributed by atoms with E-state index in [9.17, 15) is 18.8 Å². The molecule has 0 aromatic carbocycles. The fourth-order valence-electron chi connectivity index (χ4n) is 0.885. The zero-order valence-corrected chi connectivity index (χ0v) is 7.44. The van der Waals surface area contributed by atoms with Crippen LogP contribution in [0.1, 0.15) is 0 Å². The first-order valence-corrected chi connectivity index (χ1v) is 3.89. The van der Waals surface area contributed by atoms with Crippen LogP contribution in [0.4, 0.5) is 4.39 Å². The third-order valence-corrected chi connectivity index (χ3v) is 1.53. The quantitative estimate of drug-likeness (QED) is 0.652. The van der Waals surface area contributed by atoms with Gasteiger partial charge in [-0.3, -0.25) is 14.3 Å². The molecule has 0 aliphatic carbocycles. The highest BCUT2D eigenvalue weighted by Crippen LogP contribution is 1.85. The molecule has 1 aromatic rings. The van der Waals surface area contributed by atoms with Crippen LogP contribution in [0.2, 0.25) is 0 Å². The Balaban J connectivity index is 2.97. The van der Waals surface area contributed by atoms with Gasteiger partial charge in [0.25, 0.3) is 5.56 Å². The highest BCUT2D eigenvalue weighted by molar-refractivity contribution is 5.79. The van der Waals surface area contributed by atoms with Crippen LogP contribution in [-0.2, 0) is 11.3 Å². The summed E-state index contributed by atoms with van der Waals surface area (Å²) in [5, 5.41) is 8.25. The van der Waals surface area contributed by atoms with Gasteiger partial charge < -0.3 is 5.11 Å². The minimum atomic E-state index is -1.17. The van der Waals surface area contributed by atoms with Crippen molar-refractivity contribution in [1.82, 2.24) is 9.55 Å². The van der Waals surface area contributed by atoms with Crippen molar-refractivity contribution in [2.24, 2.45) is 0 Å². The van der Waals surface area contributed by atoms with E-state index in [4.69, 9.17) is 5.11 Å². The summed E-state index contributed by atoms with van der Waals surface area (Å²) >= 11 is 0. The number of halogens is 1. The first-order chi connectivity index (χ1) is 7.00. The average Bonchev–Trinajstić information content (AvgIpc) is 2.13. The van der Waals surface area contributed by atoms with Crippen molar-refractivity contribution in [2.75, 3.05) is 0 Å². The molecule has 0 spiro atoms. The molecule has 0 atom stereocenters. The number of H-pyrrole nitrogens is 1. The maximum Gasteiger partial charge on any atom is 0.328 e. The van der Waals surface area contributed by atoms with Crippen LogP contribution in [0.5, 0.6) is 0 Å². The molecule has 1 heterocycles. The number of nitrogens with zero attached hydrogens (tertiary/aromatic N) is 1. The Morgan fingerprint density at radius 1 is 1.60 bits per heavy atom. The van der Waals surface area contributed by atoms with E-state index in [2.05, 4.69) is 0 Å². The second-order valence-corrected chi connectivity index (χ2v) is 2.63. The maximum atomic E-state index is 12.7. The summed E-state index contributed by atoms with van der Waals surface area (Å²) < 4.78 is 13.5. The number of aromatic amines is 1. The zero-order chi connectivity index (χ0) is 11.4. The third kappa shape index (κ3) is 2.90. The van der Waals surface area contributed by atoms with Gasteiger partial charge >= 0.3 is 11.7 Å². The molecule has 6 nitrogen and oxygen atoms in total. The highest BCUT2D eigenvalue weighted by atomic mass is 19.1. The average molecular weight is 214 g/mol. The van der Waals surface area contributed by atoms with Crippen LogP contribution in [0.3, 0.4) is 0 Å². The molecule has 15 heavy (non-hydrogen) atoms. The molecule has 0 aliphatic rings. The molecule has 7 heteroatoms. The summed E-state index contributed by atoms with van der Waals surface area (Å²) in [6, 6.07) is 0. The molecule has 80 valence electrons. The van der Waals surface area contributed by atoms with E-state index in [0.717, 1.165) is 16.7 Å². The van der Waals surface area contributed by atoms with Gasteiger partial charge in [-0.05, 0) is 0 Å². The number of aromatic nitrogens is 2.